The minimum absolute atomic E-state index is 0.00582. The van der Waals surface area contributed by atoms with Crippen LogP contribution in [0.5, 0.6) is 17.2 Å². The molecule has 7 N–H and O–H groups in total. The summed E-state index contributed by atoms with van der Waals surface area (Å²) in [5, 5.41) is 23.8. The number of aromatic carboxylic acids is 1. The molecule has 0 bridgehead atoms. The fraction of sp³-hybridized carbons (Fsp3) is 0.280. The Morgan fingerprint density at radius 1 is 1.11 bits per heavy atom. The number of carbonyl (C=O) groups excluding carboxylic acids is 2. The standard InChI is InChI=1S/C25H26N4O8/c1-9-14(10-6-8-13(35-2)23(36-3)20(10)30)15(26)19(29-17(9)25(33)34)12-7-5-11-18(28-12)22(32)16(27)24(37-4)21(11)31/h6,8,12,28,30H,5,7,26-27H2,1-4H3,(H,33,34)/t12-/m1/s1. The van der Waals surface area contributed by atoms with Gasteiger partial charge in [0, 0.05) is 16.7 Å². The van der Waals surface area contributed by atoms with Crippen LogP contribution in [0.1, 0.15) is 40.6 Å². The highest BCUT2D eigenvalue weighted by molar-refractivity contribution is 6.24. The Hall–Kier alpha value is -4.74. The molecule has 2 heterocycles. The summed E-state index contributed by atoms with van der Waals surface area (Å²) < 4.78 is 15.5. The predicted molar refractivity (Wildman–Crippen MR) is 131 cm³/mol. The predicted octanol–water partition coefficient (Wildman–Crippen LogP) is 1.71. The van der Waals surface area contributed by atoms with Crippen molar-refractivity contribution in [3.63, 3.8) is 0 Å². The maximum atomic E-state index is 12.9. The van der Waals surface area contributed by atoms with Gasteiger partial charge in [0.2, 0.25) is 17.3 Å². The van der Waals surface area contributed by atoms with Crippen molar-refractivity contribution in [3.8, 4) is 28.4 Å². The Kier molecular flexibility index (Phi) is 6.42. The van der Waals surface area contributed by atoms with E-state index in [1.165, 1.54) is 34.3 Å². The Bertz CT molecular complexity index is 1430. The number of benzene rings is 1. The molecule has 194 valence electrons. The van der Waals surface area contributed by atoms with Gasteiger partial charge in [-0.3, -0.25) is 9.59 Å². The van der Waals surface area contributed by atoms with Crippen LogP contribution in [0.2, 0.25) is 0 Å². The van der Waals surface area contributed by atoms with Crippen LogP contribution in [0.25, 0.3) is 11.1 Å². The molecular weight excluding hydrogens is 484 g/mol. The van der Waals surface area contributed by atoms with Crippen molar-refractivity contribution in [1.82, 2.24) is 10.3 Å². The van der Waals surface area contributed by atoms with Gasteiger partial charge in [0.1, 0.15) is 5.70 Å². The molecule has 0 saturated heterocycles. The number of ether oxygens (including phenoxy) is 3. The zero-order valence-corrected chi connectivity index (χ0v) is 20.6. The average Bonchev–Trinajstić information content (AvgIpc) is 2.88. The molecule has 0 amide bonds. The van der Waals surface area contributed by atoms with Crippen LogP contribution < -0.4 is 26.3 Å². The number of aromatic hydroxyl groups is 1. The van der Waals surface area contributed by atoms with Gasteiger partial charge in [0.15, 0.2) is 23.0 Å². The van der Waals surface area contributed by atoms with Crippen LogP contribution >= 0.6 is 0 Å². The lowest BCUT2D eigenvalue weighted by molar-refractivity contribution is -0.119. The van der Waals surface area contributed by atoms with Crippen LogP contribution in [0.15, 0.2) is 34.9 Å². The first-order valence-electron chi connectivity index (χ1n) is 11.2. The minimum atomic E-state index is -1.31. The number of methoxy groups -OCH3 is 3. The topological polar surface area (TPSA) is 196 Å². The fourth-order valence-electron chi connectivity index (χ4n) is 4.73. The number of nitrogens with one attached hydrogen (secondary N) is 1. The van der Waals surface area contributed by atoms with Gasteiger partial charge in [-0.15, -0.1) is 0 Å². The molecule has 1 aliphatic carbocycles. The first-order chi connectivity index (χ1) is 17.6. The number of pyridine rings is 1. The summed E-state index contributed by atoms with van der Waals surface area (Å²) in [7, 11) is 4.02. The van der Waals surface area contributed by atoms with Crippen molar-refractivity contribution in [1.29, 1.82) is 0 Å². The molecule has 0 saturated carbocycles. The quantitative estimate of drug-likeness (QED) is 0.353. The van der Waals surface area contributed by atoms with Gasteiger partial charge in [-0.25, -0.2) is 9.78 Å². The fourth-order valence-corrected chi connectivity index (χ4v) is 4.73. The van der Waals surface area contributed by atoms with Crippen molar-refractivity contribution >= 4 is 23.2 Å². The monoisotopic (exact) mass is 510 g/mol. The van der Waals surface area contributed by atoms with Crippen LogP contribution in [-0.4, -0.2) is 54.1 Å². The number of carboxylic acids is 1. The summed E-state index contributed by atoms with van der Waals surface area (Å²) in [5.41, 5.74) is 12.9. The van der Waals surface area contributed by atoms with E-state index in [1.54, 1.807) is 6.07 Å². The number of anilines is 1. The number of phenols is 1. The number of allylic oxidation sites excluding steroid dienone is 1. The first-order valence-corrected chi connectivity index (χ1v) is 11.2. The summed E-state index contributed by atoms with van der Waals surface area (Å²) in [6.45, 7) is 1.53. The summed E-state index contributed by atoms with van der Waals surface area (Å²) in [6, 6.07) is 2.35. The molecule has 1 aromatic carbocycles. The Balaban J connectivity index is 1.88. The largest absolute Gasteiger partial charge is 0.504 e. The SMILES string of the molecule is COC1=C(N)C(=O)C2=C(CC[C@H](c3nc(C(=O)O)c(C)c(-c4ccc(OC)c(OC)c4O)c3N)N2)C1=O. The Morgan fingerprint density at radius 3 is 2.41 bits per heavy atom. The first kappa shape index (κ1) is 25.4. The van der Waals surface area contributed by atoms with Crippen LogP contribution in [0, 0.1) is 6.92 Å². The number of carboxylic acid groups (broad SMARTS) is 1. The van der Waals surface area contributed by atoms with E-state index in [0.29, 0.717) is 0 Å². The molecule has 37 heavy (non-hydrogen) atoms. The number of ketones is 2. The van der Waals surface area contributed by atoms with Crippen molar-refractivity contribution in [2.45, 2.75) is 25.8 Å². The van der Waals surface area contributed by atoms with E-state index in [4.69, 9.17) is 25.7 Å². The molecule has 12 heteroatoms. The molecule has 2 aliphatic rings. The second-order valence-corrected chi connectivity index (χ2v) is 8.46. The normalized spacial score (nSPS) is 17.4. The molecule has 2 aromatic rings. The third-order valence-corrected chi connectivity index (χ3v) is 6.53. The highest BCUT2D eigenvalue weighted by atomic mass is 16.5. The maximum absolute atomic E-state index is 12.9. The highest BCUT2D eigenvalue weighted by Crippen LogP contribution is 2.48. The van der Waals surface area contributed by atoms with Gasteiger partial charge in [0.25, 0.3) is 0 Å². The van der Waals surface area contributed by atoms with Crippen LogP contribution in [-0.2, 0) is 14.3 Å². The van der Waals surface area contributed by atoms with Gasteiger partial charge in [0.05, 0.1) is 44.4 Å². The molecule has 1 aliphatic heterocycles. The number of carbonyl (C=O) groups is 3. The number of rotatable bonds is 6. The lowest BCUT2D eigenvalue weighted by Gasteiger charge is -2.32. The number of phenolic OH excluding ortho intramolecular Hbond substituents is 1. The van der Waals surface area contributed by atoms with Gasteiger partial charge < -0.3 is 41.2 Å². The number of hydrogen-bond donors (Lipinski definition) is 5. The number of Topliss-reactive ketones (excluding diaryl/α,β-unsaturated/α-hetero) is 2. The van der Waals surface area contributed by atoms with Crippen molar-refractivity contribution in [2.24, 2.45) is 5.73 Å². The third kappa shape index (κ3) is 3.86. The summed E-state index contributed by atoms with van der Waals surface area (Å²) >= 11 is 0. The number of nitrogen functional groups attached to an aromatic ring is 1. The smallest absolute Gasteiger partial charge is 0.354 e. The van der Waals surface area contributed by atoms with E-state index in [1.807, 2.05) is 0 Å². The van der Waals surface area contributed by atoms with E-state index in [9.17, 15) is 24.6 Å². The van der Waals surface area contributed by atoms with Gasteiger partial charge in [-0.05, 0) is 37.5 Å². The molecule has 4 rings (SSSR count). The number of hydrogen-bond acceptors (Lipinski definition) is 11. The molecule has 0 unspecified atom stereocenters. The summed E-state index contributed by atoms with van der Waals surface area (Å²) in [5.74, 6) is -2.62. The zero-order valence-electron chi connectivity index (χ0n) is 20.6. The number of nitrogens with two attached hydrogens (primary N) is 2. The van der Waals surface area contributed by atoms with Crippen molar-refractivity contribution in [2.75, 3.05) is 27.1 Å². The van der Waals surface area contributed by atoms with E-state index >= 15 is 0 Å². The number of nitrogens with zero attached hydrogens (tertiary/aromatic N) is 1. The summed E-state index contributed by atoms with van der Waals surface area (Å²) in [6.07, 6.45) is 0.442. The molecule has 0 fully saturated rings. The van der Waals surface area contributed by atoms with E-state index < -0.39 is 23.6 Å². The van der Waals surface area contributed by atoms with E-state index in [2.05, 4.69) is 10.3 Å². The van der Waals surface area contributed by atoms with Crippen molar-refractivity contribution < 1.29 is 38.8 Å². The Morgan fingerprint density at radius 2 is 1.81 bits per heavy atom. The van der Waals surface area contributed by atoms with Gasteiger partial charge in [-0.1, -0.05) is 0 Å². The van der Waals surface area contributed by atoms with Crippen molar-refractivity contribution in [3.05, 3.63) is 51.8 Å². The summed E-state index contributed by atoms with van der Waals surface area (Å²) in [4.78, 5) is 42.1. The van der Waals surface area contributed by atoms with Gasteiger partial charge >= 0.3 is 5.97 Å². The van der Waals surface area contributed by atoms with Crippen LogP contribution in [0.4, 0.5) is 5.69 Å². The third-order valence-electron chi connectivity index (χ3n) is 6.53. The van der Waals surface area contributed by atoms with E-state index in [0.717, 1.165) is 0 Å². The lowest BCUT2D eigenvalue weighted by atomic mass is 9.85. The number of aromatic nitrogens is 1. The van der Waals surface area contributed by atoms with E-state index in [-0.39, 0.29) is 86.6 Å². The second kappa shape index (κ2) is 9.37. The maximum Gasteiger partial charge on any atom is 0.354 e. The molecule has 12 nitrogen and oxygen atoms in total. The Labute approximate surface area is 211 Å². The van der Waals surface area contributed by atoms with Crippen LogP contribution in [0.3, 0.4) is 0 Å². The molecule has 0 radical (unpaired) electrons. The van der Waals surface area contributed by atoms with Gasteiger partial charge in [-0.2, -0.15) is 0 Å². The zero-order chi connectivity index (χ0) is 27.2. The minimum Gasteiger partial charge on any atom is -0.504 e. The molecule has 0 spiro atoms. The second-order valence-electron chi connectivity index (χ2n) is 8.46. The molecular formula is C25H26N4O8. The average molecular weight is 511 g/mol. The molecule has 1 atom stereocenters. The highest BCUT2D eigenvalue weighted by Gasteiger charge is 2.39. The molecule has 1 aromatic heterocycles. The lowest BCUT2D eigenvalue weighted by Crippen LogP contribution is -2.40.